The number of nitriles is 3. The number of hydrogen-bond donors (Lipinski definition) is 0. The molecule has 3 heterocycles. The Morgan fingerprint density at radius 1 is 0.917 bits per heavy atom. The van der Waals surface area contributed by atoms with Crippen molar-refractivity contribution in [1.82, 2.24) is 4.57 Å². The van der Waals surface area contributed by atoms with E-state index in [0.29, 0.717) is 5.69 Å². The van der Waals surface area contributed by atoms with E-state index >= 15 is 0 Å². The highest BCUT2D eigenvalue weighted by atomic mass is 32.1. The van der Waals surface area contributed by atoms with E-state index in [0.717, 1.165) is 10.6 Å². The first-order valence-corrected chi connectivity index (χ1v) is 8.64. The minimum Gasteiger partial charge on any atom is -0.342 e. The molecule has 3 aromatic heterocycles. The maximum atomic E-state index is 9.33. The Hall–Kier alpha value is -3.11. The summed E-state index contributed by atoms with van der Waals surface area (Å²) in [7, 11) is 1.83. The van der Waals surface area contributed by atoms with E-state index in [1.165, 1.54) is 9.75 Å². The molecule has 0 aliphatic carbocycles. The van der Waals surface area contributed by atoms with Gasteiger partial charge in [0.15, 0.2) is 0 Å². The molecule has 0 aliphatic heterocycles. The van der Waals surface area contributed by atoms with Gasteiger partial charge in [0.1, 0.15) is 29.4 Å². The largest absolute Gasteiger partial charge is 0.342 e. The van der Waals surface area contributed by atoms with E-state index < -0.39 is 0 Å². The summed E-state index contributed by atoms with van der Waals surface area (Å²) in [4.78, 5) is 3.47. The van der Waals surface area contributed by atoms with Crippen molar-refractivity contribution in [1.29, 1.82) is 15.8 Å². The summed E-state index contributed by atoms with van der Waals surface area (Å²) in [5, 5.41) is 29.4. The Bertz CT molecular complexity index is 1030. The third-order valence-electron chi connectivity index (χ3n) is 3.59. The normalized spacial score (nSPS) is 9.75. The molecule has 0 saturated heterocycles. The lowest BCUT2D eigenvalue weighted by molar-refractivity contribution is 0.922. The fraction of sp³-hybridized carbons (Fsp3) is 0.0556. The summed E-state index contributed by atoms with van der Waals surface area (Å²) in [6.45, 7) is 0. The Balaban J connectivity index is 2.06. The van der Waals surface area contributed by atoms with Crippen LogP contribution in [-0.4, -0.2) is 4.57 Å². The zero-order valence-electron chi connectivity index (χ0n) is 12.6. The van der Waals surface area contributed by atoms with E-state index in [2.05, 4.69) is 12.1 Å². The lowest BCUT2D eigenvalue weighted by Crippen LogP contribution is -1.98. The number of thiophene rings is 2. The topological polar surface area (TPSA) is 76.3 Å². The predicted molar refractivity (Wildman–Crippen MR) is 95.8 cm³/mol. The molecule has 0 aliphatic rings. The fourth-order valence-electron chi connectivity index (χ4n) is 2.41. The Labute approximate surface area is 147 Å². The third-order valence-corrected chi connectivity index (χ3v) is 5.76. The predicted octanol–water partition coefficient (Wildman–Crippen LogP) is 4.81. The first kappa shape index (κ1) is 15.8. The number of nitrogens with zero attached hydrogens (tertiary/aromatic N) is 4. The second-order valence-corrected chi connectivity index (χ2v) is 6.92. The Morgan fingerprint density at radius 2 is 1.67 bits per heavy atom. The van der Waals surface area contributed by atoms with Crippen LogP contribution in [0.3, 0.4) is 0 Å². The molecule has 3 rings (SSSR count). The van der Waals surface area contributed by atoms with Gasteiger partial charge in [-0.2, -0.15) is 15.8 Å². The van der Waals surface area contributed by atoms with Gasteiger partial charge in [-0.25, -0.2) is 0 Å². The molecular weight excluding hydrogens is 336 g/mol. The zero-order valence-corrected chi connectivity index (χ0v) is 14.3. The van der Waals surface area contributed by atoms with Gasteiger partial charge >= 0.3 is 0 Å². The smallest absolute Gasteiger partial charge is 0.149 e. The van der Waals surface area contributed by atoms with Crippen molar-refractivity contribution >= 4 is 28.2 Å². The van der Waals surface area contributed by atoms with Crippen LogP contribution < -0.4 is 0 Å². The summed E-state index contributed by atoms with van der Waals surface area (Å²) in [6, 6.07) is 17.5. The number of hydrogen-bond acceptors (Lipinski definition) is 5. The quantitative estimate of drug-likeness (QED) is 0.639. The second-order valence-electron chi connectivity index (χ2n) is 4.89. The molecule has 0 bridgehead atoms. The fourth-order valence-corrected chi connectivity index (χ4v) is 4.32. The monoisotopic (exact) mass is 346 g/mol. The molecule has 24 heavy (non-hydrogen) atoms. The summed E-state index contributed by atoms with van der Waals surface area (Å²) in [5.41, 5.74) is 1.44. The van der Waals surface area contributed by atoms with Crippen LogP contribution in [0.1, 0.15) is 5.69 Å². The maximum absolute atomic E-state index is 9.33. The average molecular weight is 346 g/mol. The van der Waals surface area contributed by atoms with Crippen LogP contribution in [-0.2, 0) is 7.05 Å². The summed E-state index contributed by atoms with van der Waals surface area (Å²) in [6.07, 6.45) is 0. The van der Waals surface area contributed by atoms with Crippen LogP contribution in [0, 0.1) is 34.0 Å². The molecule has 0 amide bonds. The molecule has 0 radical (unpaired) electrons. The average Bonchev–Trinajstić information content (AvgIpc) is 3.32. The van der Waals surface area contributed by atoms with Gasteiger partial charge in [-0.05, 0) is 35.7 Å². The molecule has 0 fully saturated rings. The van der Waals surface area contributed by atoms with Crippen molar-refractivity contribution in [3.63, 3.8) is 0 Å². The van der Waals surface area contributed by atoms with Crippen LogP contribution in [0.5, 0.6) is 0 Å². The molecule has 0 saturated carbocycles. The molecule has 0 aromatic carbocycles. The molecule has 3 aromatic rings. The van der Waals surface area contributed by atoms with Gasteiger partial charge in [-0.1, -0.05) is 6.07 Å². The van der Waals surface area contributed by atoms with Gasteiger partial charge in [-0.3, -0.25) is 0 Å². The molecule has 6 heteroatoms. The Morgan fingerprint density at radius 3 is 2.29 bits per heavy atom. The minimum absolute atomic E-state index is 0.101. The van der Waals surface area contributed by atoms with Crippen LogP contribution in [0.4, 0.5) is 0 Å². The molecular formula is C18H10N4S2. The Kier molecular flexibility index (Phi) is 4.31. The van der Waals surface area contributed by atoms with E-state index in [4.69, 9.17) is 10.5 Å². The highest BCUT2D eigenvalue weighted by Crippen LogP contribution is 2.37. The van der Waals surface area contributed by atoms with Gasteiger partial charge in [0.2, 0.25) is 0 Å². The molecule has 0 spiro atoms. The van der Waals surface area contributed by atoms with Crippen LogP contribution in [0.25, 0.3) is 25.9 Å². The lowest BCUT2D eigenvalue weighted by atomic mass is 10.1. The van der Waals surface area contributed by atoms with Crippen LogP contribution in [0.2, 0.25) is 0 Å². The van der Waals surface area contributed by atoms with Crippen LogP contribution >= 0.6 is 22.7 Å². The van der Waals surface area contributed by atoms with E-state index in [1.54, 1.807) is 40.9 Å². The first-order chi connectivity index (χ1) is 11.7. The first-order valence-electron chi connectivity index (χ1n) is 6.94. The van der Waals surface area contributed by atoms with Crippen molar-refractivity contribution < 1.29 is 0 Å². The van der Waals surface area contributed by atoms with Crippen molar-refractivity contribution in [3.8, 4) is 38.5 Å². The van der Waals surface area contributed by atoms with Gasteiger partial charge in [0.25, 0.3) is 0 Å². The van der Waals surface area contributed by atoms with E-state index in [-0.39, 0.29) is 11.1 Å². The molecule has 0 atom stereocenters. The van der Waals surface area contributed by atoms with Gasteiger partial charge in [-0.15, -0.1) is 22.7 Å². The van der Waals surface area contributed by atoms with E-state index in [1.807, 2.05) is 41.3 Å². The van der Waals surface area contributed by atoms with Crippen molar-refractivity contribution in [2.24, 2.45) is 7.05 Å². The SMILES string of the molecule is Cn1c(C(C#N)=C(C#N)C#N)ccc1-c1ccc(-c2cccs2)s1. The number of aromatic nitrogens is 1. The van der Waals surface area contributed by atoms with Gasteiger partial charge < -0.3 is 4.57 Å². The summed E-state index contributed by atoms with van der Waals surface area (Å²) >= 11 is 3.36. The number of allylic oxidation sites excluding steroid dienone is 2. The zero-order chi connectivity index (χ0) is 17.1. The highest BCUT2D eigenvalue weighted by molar-refractivity contribution is 7.23. The molecule has 4 nitrogen and oxygen atoms in total. The van der Waals surface area contributed by atoms with Crippen molar-refractivity contribution in [2.75, 3.05) is 0 Å². The highest BCUT2D eigenvalue weighted by Gasteiger charge is 2.16. The summed E-state index contributed by atoms with van der Waals surface area (Å²) < 4.78 is 1.84. The standard InChI is InChI=1S/C18H10N4S2/c1-22-14(13(11-21)12(9-19)10-20)4-5-15(22)16-6-7-18(24-16)17-3-2-8-23-17/h2-8H,1H3. The van der Waals surface area contributed by atoms with Gasteiger partial charge in [0.05, 0.1) is 16.3 Å². The van der Waals surface area contributed by atoms with E-state index in [9.17, 15) is 5.26 Å². The summed E-state index contributed by atoms with van der Waals surface area (Å²) in [5.74, 6) is 0. The van der Waals surface area contributed by atoms with Crippen LogP contribution in [0.15, 0.2) is 47.4 Å². The molecule has 114 valence electrons. The van der Waals surface area contributed by atoms with Gasteiger partial charge in [0, 0.05) is 16.8 Å². The number of rotatable bonds is 3. The molecule has 0 unspecified atom stereocenters. The van der Waals surface area contributed by atoms with Crippen molar-refractivity contribution in [3.05, 3.63) is 53.0 Å². The third kappa shape index (κ3) is 2.64. The molecule has 0 N–H and O–H groups in total. The second kappa shape index (κ2) is 6.56. The minimum atomic E-state index is -0.171. The lowest BCUT2D eigenvalue weighted by Gasteiger charge is -2.05. The maximum Gasteiger partial charge on any atom is 0.149 e. The van der Waals surface area contributed by atoms with Crippen molar-refractivity contribution in [2.45, 2.75) is 0 Å².